The Kier molecular flexibility index (Phi) is 5.47. The summed E-state index contributed by atoms with van der Waals surface area (Å²) >= 11 is 0. The van der Waals surface area contributed by atoms with Crippen molar-refractivity contribution in [1.29, 1.82) is 0 Å². The third-order valence-electron chi connectivity index (χ3n) is 6.73. The van der Waals surface area contributed by atoms with E-state index in [0.29, 0.717) is 48.3 Å². The molecule has 0 amide bonds. The zero-order chi connectivity index (χ0) is 24.0. The molecule has 1 aliphatic rings. The lowest BCUT2D eigenvalue weighted by molar-refractivity contribution is 0.355. The Balaban J connectivity index is 1.48. The lowest BCUT2D eigenvalue weighted by atomic mass is 10.0. The SMILES string of the molecule is COc1cc2cnnc(N3CCC(n4c(=O)c5cc(C)ccc5n(C)c4=O)CC3)c2cc1OC. The first-order chi connectivity index (χ1) is 16.4. The van der Waals surface area contributed by atoms with E-state index in [-0.39, 0.29) is 17.3 Å². The van der Waals surface area contributed by atoms with Gasteiger partial charge in [-0.1, -0.05) is 11.6 Å². The molecule has 0 unspecified atom stereocenters. The van der Waals surface area contributed by atoms with E-state index < -0.39 is 0 Å². The molecule has 176 valence electrons. The minimum Gasteiger partial charge on any atom is -0.493 e. The predicted octanol–water partition coefficient (Wildman–Crippen LogP) is 2.81. The first-order valence-corrected chi connectivity index (χ1v) is 11.3. The van der Waals surface area contributed by atoms with Crippen molar-refractivity contribution in [3.8, 4) is 11.5 Å². The maximum absolute atomic E-state index is 13.3. The number of hydrogen-bond donors (Lipinski definition) is 0. The van der Waals surface area contributed by atoms with Crippen LogP contribution in [0.4, 0.5) is 5.82 Å². The van der Waals surface area contributed by atoms with Gasteiger partial charge in [0.2, 0.25) is 0 Å². The molecule has 2 aromatic carbocycles. The van der Waals surface area contributed by atoms with E-state index in [1.807, 2.05) is 37.3 Å². The van der Waals surface area contributed by atoms with E-state index in [4.69, 9.17) is 9.47 Å². The number of piperidine rings is 1. The van der Waals surface area contributed by atoms with Crippen LogP contribution in [0, 0.1) is 6.92 Å². The highest BCUT2D eigenvalue weighted by molar-refractivity contribution is 5.94. The van der Waals surface area contributed by atoms with Gasteiger partial charge in [-0.2, -0.15) is 5.10 Å². The molecule has 3 heterocycles. The average molecular weight is 462 g/mol. The number of ether oxygens (including phenoxy) is 2. The minimum atomic E-state index is -0.276. The number of fused-ring (bicyclic) bond motifs is 2. The normalized spacial score (nSPS) is 14.6. The van der Waals surface area contributed by atoms with Gasteiger partial charge in [-0.05, 0) is 44.0 Å². The number of aryl methyl sites for hydroxylation is 2. The third-order valence-corrected chi connectivity index (χ3v) is 6.73. The molecule has 1 saturated heterocycles. The largest absolute Gasteiger partial charge is 0.493 e. The maximum atomic E-state index is 13.3. The van der Waals surface area contributed by atoms with Crippen molar-refractivity contribution >= 4 is 27.5 Å². The van der Waals surface area contributed by atoms with E-state index in [2.05, 4.69) is 15.1 Å². The highest BCUT2D eigenvalue weighted by Crippen LogP contribution is 2.36. The third kappa shape index (κ3) is 3.48. The van der Waals surface area contributed by atoms with Gasteiger partial charge in [0.15, 0.2) is 17.3 Å². The van der Waals surface area contributed by atoms with Crippen LogP contribution in [0.2, 0.25) is 0 Å². The summed E-state index contributed by atoms with van der Waals surface area (Å²) in [6.45, 7) is 3.24. The molecule has 0 saturated carbocycles. The van der Waals surface area contributed by atoms with Crippen molar-refractivity contribution < 1.29 is 9.47 Å². The van der Waals surface area contributed by atoms with Crippen molar-refractivity contribution in [3.05, 3.63) is 62.9 Å². The monoisotopic (exact) mass is 461 g/mol. The number of methoxy groups -OCH3 is 2. The molecule has 5 rings (SSSR count). The molecule has 9 heteroatoms. The van der Waals surface area contributed by atoms with Crippen molar-refractivity contribution in [2.24, 2.45) is 7.05 Å². The van der Waals surface area contributed by atoms with Crippen molar-refractivity contribution in [2.75, 3.05) is 32.2 Å². The second kappa shape index (κ2) is 8.48. The topological polar surface area (TPSA) is 91.5 Å². The molecule has 0 atom stereocenters. The fourth-order valence-corrected chi connectivity index (χ4v) is 4.88. The fraction of sp³-hybridized carbons (Fsp3) is 0.360. The molecule has 0 spiro atoms. The molecule has 1 fully saturated rings. The molecule has 1 aliphatic heterocycles. The quantitative estimate of drug-likeness (QED) is 0.462. The van der Waals surface area contributed by atoms with E-state index >= 15 is 0 Å². The molecule has 0 radical (unpaired) electrons. The Morgan fingerprint density at radius 2 is 1.68 bits per heavy atom. The van der Waals surface area contributed by atoms with Crippen LogP contribution in [0.15, 0.2) is 46.1 Å². The van der Waals surface area contributed by atoms with Gasteiger partial charge in [-0.3, -0.25) is 13.9 Å². The molecule has 34 heavy (non-hydrogen) atoms. The average Bonchev–Trinajstić information content (AvgIpc) is 2.86. The number of hydrogen-bond acceptors (Lipinski definition) is 7. The van der Waals surface area contributed by atoms with Gasteiger partial charge in [-0.15, -0.1) is 5.10 Å². The summed E-state index contributed by atoms with van der Waals surface area (Å²) in [6, 6.07) is 9.24. The molecule has 0 bridgehead atoms. The van der Waals surface area contributed by atoms with Crippen LogP contribution < -0.4 is 25.6 Å². The lowest BCUT2D eigenvalue weighted by Gasteiger charge is -2.33. The Bertz CT molecular complexity index is 1520. The summed E-state index contributed by atoms with van der Waals surface area (Å²) < 4.78 is 13.9. The minimum absolute atomic E-state index is 0.176. The van der Waals surface area contributed by atoms with Gasteiger partial charge in [0, 0.05) is 37.0 Å². The van der Waals surface area contributed by atoms with Gasteiger partial charge in [0.25, 0.3) is 5.56 Å². The maximum Gasteiger partial charge on any atom is 0.331 e. The Morgan fingerprint density at radius 3 is 2.38 bits per heavy atom. The Morgan fingerprint density at radius 1 is 0.971 bits per heavy atom. The van der Waals surface area contributed by atoms with Crippen LogP contribution in [-0.2, 0) is 7.05 Å². The van der Waals surface area contributed by atoms with Crippen LogP contribution in [0.5, 0.6) is 11.5 Å². The lowest BCUT2D eigenvalue weighted by Crippen LogP contribution is -2.45. The summed E-state index contributed by atoms with van der Waals surface area (Å²) in [7, 11) is 4.93. The predicted molar refractivity (Wildman–Crippen MR) is 131 cm³/mol. The number of aromatic nitrogens is 4. The summed E-state index contributed by atoms with van der Waals surface area (Å²) in [6.07, 6.45) is 3.00. The van der Waals surface area contributed by atoms with Crippen LogP contribution in [0.25, 0.3) is 21.7 Å². The highest BCUT2D eigenvalue weighted by Gasteiger charge is 2.26. The van der Waals surface area contributed by atoms with Crippen LogP contribution in [-0.4, -0.2) is 46.6 Å². The smallest absolute Gasteiger partial charge is 0.331 e. The van der Waals surface area contributed by atoms with Gasteiger partial charge < -0.3 is 14.4 Å². The zero-order valence-corrected chi connectivity index (χ0v) is 19.7. The van der Waals surface area contributed by atoms with Crippen molar-refractivity contribution in [1.82, 2.24) is 19.3 Å². The number of anilines is 1. The van der Waals surface area contributed by atoms with E-state index in [1.54, 1.807) is 32.0 Å². The van der Waals surface area contributed by atoms with E-state index in [1.165, 1.54) is 4.57 Å². The molecule has 2 aromatic heterocycles. The highest BCUT2D eigenvalue weighted by atomic mass is 16.5. The molecule has 4 aromatic rings. The van der Waals surface area contributed by atoms with E-state index in [0.717, 1.165) is 22.2 Å². The Hall–Kier alpha value is -3.88. The fourth-order valence-electron chi connectivity index (χ4n) is 4.88. The van der Waals surface area contributed by atoms with Crippen molar-refractivity contribution in [3.63, 3.8) is 0 Å². The summed E-state index contributed by atoms with van der Waals surface area (Å²) in [4.78, 5) is 28.6. The summed E-state index contributed by atoms with van der Waals surface area (Å²) in [5.74, 6) is 2.02. The number of benzene rings is 2. The number of rotatable bonds is 4. The standard InChI is InChI=1S/C25H27N5O4/c1-15-5-6-20-19(11-15)24(31)30(25(32)28(20)2)17-7-9-29(10-8-17)23-18-13-22(34-4)21(33-3)12-16(18)14-26-27-23/h5-6,11-14,17H,7-10H2,1-4H3. The van der Waals surface area contributed by atoms with Crippen LogP contribution in [0.1, 0.15) is 24.4 Å². The number of nitrogens with zero attached hydrogens (tertiary/aromatic N) is 5. The zero-order valence-electron chi connectivity index (χ0n) is 19.7. The van der Waals surface area contributed by atoms with Crippen molar-refractivity contribution in [2.45, 2.75) is 25.8 Å². The second-order valence-corrected chi connectivity index (χ2v) is 8.72. The van der Waals surface area contributed by atoms with Gasteiger partial charge in [0.1, 0.15) is 0 Å². The molecule has 0 aliphatic carbocycles. The van der Waals surface area contributed by atoms with Crippen LogP contribution >= 0.6 is 0 Å². The van der Waals surface area contributed by atoms with E-state index in [9.17, 15) is 9.59 Å². The van der Waals surface area contributed by atoms with Gasteiger partial charge in [-0.25, -0.2) is 4.79 Å². The molecular weight excluding hydrogens is 434 g/mol. The second-order valence-electron chi connectivity index (χ2n) is 8.72. The molecule has 9 nitrogen and oxygen atoms in total. The molecular formula is C25H27N5O4. The summed E-state index contributed by atoms with van der Waals surface area (Å²) in [5, 5.41) is 11.0. The van der Waals surface area contributed by atoms with Gasteiger partial charge >= 0.3 is 5.69 Å². The van der Waals surface area contributed by atoms with Gasteiger partial charge in [0.05, 0.1) is 31.3 Å². The Labute approximate surface area is 196 Å². The first-order valence-electron chi connectivity index (χ1n) is 11.3. The first kappa shape index (κ1) is 21.9. The summed E-state index contributed by atoms with van der Waals surface area (Å²) in [5.41, 5.74) is 1.15. The van der Waals surface area contributed by atoms with Crippen LogP contribution in [0.3, 0.4) is 0 Å². The molecule has 0 N–H and O–H groups in total.